The van der Waals surface area contributed by atoms with Crippen molar-refractivity contribution in [1.82, 2.24) is 0 Å². The Balaban J connectivity index is 3.06. The molecule has 1 aromatic rings. The summed E-state index contributed by atoms with van der Waals surface area (Å²) in [5, 5.41) is 18.4. The first-order valence-corrected chi connectivity index (χ1v) is 5.31. The number of hydrogen-bond donors (Lipinski definition) is 2. The molecule has 0 heterocycles. The molecular formula is C11H18BNO2. The van der Waals surface area contributed by atoms with E-state index in [1.165, 1.54) is 0 Å². The van der Waals surface area contributed by atoms with Crippen molar-refractivity contribution in [3.63, 3.8) is 0 Å². The second-order valence-corrected chi connectivity index (χ2v) is 3.59. The SMILES string of the molecule is CCN(CC)c1ccc(C)c(B(O)O)c1. The van der Waals surface area contributed by atoms with Gasteiger partial charge in [-0.25, -0.2) is 0 Å². The molecular weight excluding hydrogens is 189 g/mol. The molecule has 0 spiro atoms. The molecule has 0 aliphatic rings. The summed E-state index contributed by atoms with van der Waals surface area (Å²) in [5.74, 6) is 0. The molecule has 0 saturated carbocycles. The van der Waals surface area contributed by atoms with Crippen LogP contribution in [0.1, 0.15) is 19.4 Å². The van der Waals surface area contributed by atoms with Gasteiger partial charge in [-0.05, 0) is 38.4 Å². The van der Waals surface area contributed by atoms with Gasteiger partial charge in [0.2, 0.25) is 0 Å². The predicted octanol–water partition coefficient (Wildman–Crippen LogP) is 0.521. The second kappa shape index (κ2) is 5.19. The number of nitrogens with zero attached hydrogens (tertiary/aromatic N) is 1. The Morgan fingerprint density at radius 2 is 1.80 bits per heavy atom. The van der Waals surface area contributed by atoms with Gasteiger partial charge in [-0.1, -0.05) is 11.6 Å². The smallest absolute Gasteiger partial charge is 0.423 e. The van der Waals surface area contributed by atoms with Crippen molar-refractivity contribution in [2.45, 2.75) is 20.8 Å². The van der Waals surface area contributed by atoms with Gasteiger partial charge in [-0.3, -0.25) is 0 Å². The minimum atomic E-state index is -1.39. The normalized spacial score (nSPS) is 10.2. The van der Waals surface area contributed by atoms with Gasteiger partial charge >= 0.3 is 7.12 Å². The van der Waals surface area contributed by atoms with Crippen molar-refractivity contribution in [3.8, 4) is 0 Å². The highest BCUT2D eigenvalue weighted by molar-refractivity contribution is 6.59. The Morgan fingerprint density at radius 1 is 1.20 bits per heavy atom. The maximum atomic E-state index is 9.19. The van der Waals surface area contributed by atoms with E-state index in [1.54, 1.807) is 0 Å². The fourth-order valence-corrected chi connectivity index (χ4v) is 1.69. The molecule has 0 aliphatic carbocycles. The third-order valence-electron chi connectivity index (χ3n) is 2.67. The van der Waals surface area contributed by atoms with E-state index in [1.807, 2.05) is 25.1 Å². The van der Waals surface area contributed by atoms with Gasteiger partial charge in [-0.2, -0.15) is 0 Å². The summed E-state index contributed by atoms with van der Waals surface area (Å²) in [7, 11) is -1.39. The third-order valence-corrected chi connectivity index (χ3v) is 2.67. The zero-order chi connectivity index (χ0) is 11.4. The first kappa shape index (κ1) is 12.1. The lowest BCUT2D eigenvalue weighted by Gasteiger charge is -2.22. The van der Waals surface area contributed by atoms with Crippen LogP contribution in [0.3, 0.4) is 0 Å². The number of aryl methyl sites for hydroxylation is 1. The molecule has 1 rings (SSSR count). The maximum absolute atomic E-state index is 9.19. The molecule has 4 heteroatoms. The van der Waals surface area contributed by atoms with E-state index in [9.17, 15) is 10.0 Å². The average molecular weight is 207 g/mol. The molecule has 0 aliphatic heterocycles. The number of rotatable bonds is 4. The first-order valence-electron chi connectivity index (χ1n) is 5.31. The fraction of sp³-hybridized carbons (Fsp3) is 0.455. The second-order valence-electron chi connectivity index (χ2n) is 3.59. The Bertz CT molecular complexity index is 324. The van der Waals surface area contributed by atoms with Crippen LogP contribution < -0.4 is 10.4 Å². The third kappa shape index (κ3) is 2.73. The van der Waals surface area contributed by atoms with Crippen LogP contribution in [0.25, 0.3) is 0 Å². The van der Waals surface area contributed by atoms with Crippen LogP contribution >= 0.6 is 0 Å². The van der Waals surface area contributed by atoms with E-state index in [-0.39, 0.29) is 0 Å². The van der Waals surface area contributed by atoms with E-state index in [0.717, 1.165) is 24.3 Å². The summed E-state index contributed by atoms with van der Waals surface area (Å²) in [5.41, 5.74) is 2.52. The summed E-state index contributed by atoms with van der Waals surface area (Å²) in [6.07, 6.45) is 0. The minimum absolute atomic E-state index is 0.583. The van der Waals surface area contributed by atoms with Crippen LogP contribution in [-0.2, 0) is 0 Å². The van der Waals surface area contributed by atoms with Crippen molar-refractivity contribution in [2.24, 2.45) is 0 Å². The zero-order valence-electron chi connectivity index (χ0n) is 9.57. The van der Waals surface area contributed by atoms with Crippen molar-refractivity contribution in [3.05, 3.63) is 23.8 Å². The Morgan fingerprint density at radius 3 is 2.27 bits per heavy atom. The summed E-state index contributed by atoms with van der Waals surface area (Å²) >= 11 is 0. The molecule has 0 saturated heterocycles. The molecule has 0 radical (unpaired) electrons. The van der Waals surface area contributed by atoms with Crippen LogP contribution in [0.4, 0.5) is 5.69 Å². The van der Waals surface area contributed by atoms with Gasteiger partial charge in [-0.15, -0.1) is 0 Å². The van der Waals surface area contributed by atoms with Gasteiger partial charge in [0.25, 0.3) is 0 Å². The Kier molecular flexibility index (Phi) is 4.18. The highest BCUT2D eigenvalue weighted by Gasteiger charge is 2.15. The van der Waals surface area contributed by atoms with Crippen molar-refractivity contribution >= 4 is 18.3 Å². The van der Waals surface area contributed by atoms with E-state index in [0.29, 0.717) is 5.46 Å². The van der Waals surface area contributed by atoms with E-state index < -0.39 is 7.12 Å². The van der Waals surface area contributed by atoms with Crippen molar-refractivity contribution in [2.75, 3.05) is 18.0 Å². The largest absolute Gasteiger partial charge is 0.488 e. The van der Waals surface area contributed by atoms with E-state index in [4.69, 9.17) is 0 Å². The average Bonchev–Trinajstić information content (AvgIpc) is 2.21. The highest BCUT2D eigenvalue weighted by atomic mass is 16.4. The van der Waals surface area contributed by atoms with Crippen LogP contribution in [0, 0.1) is 6.92 Å². The molecule has 0 atom stereocenters. The Hall–Kier alpha value is -0.995. The summed E-state index contributed by atoms with van der Waals surface area (Å²) < 4.78 is 0. The van der Waals surface area contributed by atoms with Gasteiger partial charge in [0.05, 0.1) is 0 Å². The molecule has 1 aromatic carbocycles. The molecule has 82 valence electrons. The zero-order valence-corrected chi connectivity index (χ0v) is 9.57. The summed E-state index contributed by atoms with van der Waals surface area (Å²) in [6, 6.07) is 5.77. The predicted molar refractivity (Wildman–Crippen MR) is 64.6 cm³/mol. The van der Waals surface area contributed by atoms with Crippen LogP contribution in [-0.4, -0.2) is 30.3 Å². The number of anilines is 1. The highest BCUT2D eigenvalue weighted by Crippen LogP contribution is 2.13. The molecule has 0 fully saturated rings. The van der Waals surface area contributed by atoms with E-state index >= 15 is 0 Å². The van der Waals surface area contributed by atoms with E-state index in [2.05, 4.69) is 18.7 Å². The van der Waals surface area contributed by atoms with Gasteiger partial charge in [0.15, 0.2) is 0 Å². The maximum Gasteiger partial charge on any atom is 0.488 e. The van der Waals surface area contributed by atoms with Crippen LogP contribution in [0.15, 0.2) is 18.2 Å². The quantitative estimate of drug-likeness (QED) is 0.707. The molecule has 2 N–H and O–H groups in total. The van der Waals surface area contributed by atoms with Gasteiger partial charge in [0.1, 0.15) is 0 Å². The molecule has 0 amide bonds. The monoisotopic (exact) mass is 207 g/mol. The topological polar surface area (TPSA) is 43.7 Å². The summed E-state index contributed by atoms with van der Waals surface area (Å²) in [4.78, 5) is 2.17. The standard InChI is InChI=1S/C11H18BNO2/c1-4-13(5-2)10-7-6-9(3)11(8-10)12(14)15/h6-8,14-15H,4-5H2,1-3H3. The lowest BCUT2D eigenvalue weighted by molar-refractivity contribution is 0.425. The van der Waals surface area contributed by atoms with Crippen LogP contribution in [0.5, 0.6) is 0 Å². The Labute approximate surface area is 91.5 Å². The van der Waals surface area contributed by atoms with Gasteiger partial charge < -0.3 is 14.9 Å². The van der Waals surface area contributed by atoms with Gasteiger partial charge in [0, 0.05) is 18.8 Å². The van der Waals surface area contributed by atoms with Crippen molar-refractivity contribution < 1.29 is 10.0 Å². The molecule has 3 nitrogen and oxygen atoms in total. The first-order chi connectivity index (χ1) is 7.10. The lowest BCUT2D eigenvalue weighted by atomic mass is 9.77. The summed E-state index contributed by atoms with van der Waals surface area (Å²) in [6.45, 7) is 7.87. The molecule has 0 unspecified atom stereocenters. The van der Waals surface area contributed by atoms with Crippen LogP contribution in [0.2, 0.25) is 0 Å². The van der Waals surface area contributed by atoms with Crippen molar-refractivity contribution in [1.29, 1.82) is 0 Å². The molecule has 0 bridgehead atoms. The minimum Gasteiger partial charge on any atom is -0.423 e. The fourth-order valence-electron chi connectivity index (χ4n) is 1.69. The molecule has 0 aromatic heterocycles. The number of hydrogen-bond acceptors (Lipinski definition) is 3. The molecule has 15 heavy (non-hydrogen) atoms. The number of benzene rings is 1. The lowest BCUT2D eigenvalue weighted by Crippen LogP contribution is -2.33.